The molecule has 0 fully saturated rings. The number of hydrogen-bond acceptors (Lipinski definition) is 3. The van der Waals surface area contributed by atoms with E-state index >= 15 is 0 Å². The maximum absolute atomic E-state index is 13.8. The largest absolute Gasteiger partial charge is 0.416 e. The third kappa shape index (κ3) is 7.71. The van der Waals surface area contributed by atoms with Crippen molar-refractivity contribution in [3.63, 3.8) is 0 Å². The summed E-state index contributed by atoms with van der Waals surface area (Å²) in [5.41, 5.74) is 0.805. The lowest BCUT2D eigenvalue weighted by Crippen LogP contribution is -2.11. The SMILES string of the molecule is N#Cc1ccc2nc(-c3ccc(-c4ccc5cc(-c6cc(-c7cccc(C(F)(F)F)c7)cc(-c7cc(C(F)(F)F)cc(C(F)(F)F)c7)c6)ccc5c4)cc3)sc2c1. The highest BCUT2D eigenvalue weighted by molar-refractivity contribution is 7.21. The average Bonchev–Trinajstić information content (AvgIpc) is 3.63. The first-order chi connectivity index (χ1) is 27.0. The van der Waals surface area contributed by atoms with Crippen LogP contribution in [0.5, 0.6) is 0 Å². The molecule has 0 spiro atoms. The highest BCUT2D eigenvalue weighted by atomic mass is 32.1. The van der Waals surface area contributed by atoms with E-state index < -0.39 is 40.8 Å². The van der Waals surface area contributed by atoms with Crippen molar-refractivity contribution in [2.24, 2.45) is 0 Å². The van der Waals surface area contributed by atoms with E-state index in [1.165, 1.54) is 35.6 Å². The quantitative estimate of drug-likeness (QED) is 0.163. The maximum atomic E-state index is 13.8. The first-order valence-electron chi connectivity index (χ1n) is 17.1. The molecule has 0 aliphatic heterocycles. The molecule has 0 atom stereocenters. The van der Waals surface area contributed by atoms with Gasteiger partial charge in [0.15, 0.2) is 0 Å². The fourth-order valence-corrected chi connectivity index (χ4v) is 7.66. The van der Waals surface area contributed by atoms with E-state index in [0.29, 0.717) is 28.8 Å². The van der Waals surface area contributed by atoms with Crippen molar-refractivity contribution in [3.05, 3.63) is 162 Å². The molecule has 0 saturated heterocycles. The molecule has 0 radical (unpaired) electrons. The highest BCUT2D eigenvalue weighted by Gasteiger charge is 2.37. The Balaban J connectivity index is 1.18. The minimum absolute atomic E-state index is 0.0302. The number of rotatable bonds is 5. The molecule has 12 heteroatoms. The second-order valence-corrected chi connectivity index (χ2v) is 14.4. The second-order valence-electron chi connectivity index (χ2n) is 13.3. The van der Waals surface area contributed by atoms with Crippen LogP contribution in [0.25, 0.3) is 76.1 Å². The van der Waals surface area contributed by atoms with Gasteiger partial charge in [0.25, 0.3) is 0 Å². The zero-order valence-corrected chi connectivity index (χ0v) is 29.8. The summed E-state index contributed by atoms with van der Waals surface area (Å²) in [5, 5.41) is 11.6. The fourth-order valence-electron chi connectivity index (χ4n) is 6.65. The van der Waals surface area contributed by atoms with Crippen LogP contribution in [0, 0.1) is 11.3 Å². The number of nitriles is 1. The van der Waals surface area contributed by atoms with Gasteiger partial charge in [0.1, 0.15) is 5.01 Å². The Labute approximate surface area is 322 Å². The molecule has 0 bridgehead atoms. The number of nitrogens with zero attached hydrogens (tertiary/aromatic N) is 2. The van der Waals surface area contributed by atoms with Gasteiger partial charge in [0.05, 0.1) is 38.5 Å². The van der Waals surface area contributed by atoms with Crippen LogP contribution in [0.2, 0.25) is 0 Å². The Morgan fingerprint density at radius 2 is 0.895 bits per heavy atom. The van der Waals surface area contributed by atoms with Gasteiger partial charge in [-0.15, -0.1) is 11.3 Å². The summed E-state index contributed by atoms with van der Waals surface area (Å²) in [6, 6.07) is 36.3. The standard InChI is InChI=1S/C45H23F9N2S/c46-43(47,48)37-3-1-2-28(20-37)33-17-34(19-35(18-33)36-21-38(44(49,50)51)23-39(22-36)45(52,53)54)32-12-11-30-15-29(9-10-31(30)16-32)26-5-7-27(8-6-26)42-56-40-13-4-25(24-55)14-41(40)57-42/h1-23H. The molecule has 1 aromatic heterocycles. The summed E-state index contributed by atoms with van der Waals surface area (Å²) >= 11 is 1.49. The van der Waals surface area contributed by atoms with Crippen LogP contribution in [0.3, 0.4) is 0 Å². The molecular weight excluding hydrogens is 772 g/mol. The summed E-state index contributed by atoms with van der Waals surface area (Å²) < 4.78 is 125. The van der Waals surface area contributed by atoms with Crippen LogP contribution < -0.4 is 0 Å². The van der Waals surface area contributed by atoms with Crippen LogP contribution in [-0.4, -0.2) is 4.98 Å². The number of benzene rings is 7. The molecule has 8 aromatic rings. The molecule has 8 rings (SSSR count). The summed E-state index contributed by atoms with van der Waals surface area (Å²) in [6.07, 6.45) is -14.9. The van der Waals surface area contributed by atoms with Gasteiger partial charge in [-0.3, -0.25) is 0 Å². The topological polar surface area (TPSA) is 36.7 Å². The Hall–Kier alpha value is -6.45. The third-order valence-corrected chi connectivity index (χ3v) is 10.6. The summed E-state index contributed by atoms with van der Waals surface area (Å²) in [7, 11) is 0. The van der Waals surface area contributed by atoms with Crippen LogP contribution >= 0.6 is 11.3 Å². The van der Waals surface area contributed by atoms with Crippen LogP contribution in [-0.2, 0) is 18.5 Å². The zero-order valence-electron chi connectivity index (χ0n) is 29.0. The summed E-state index contributed by atoms with van der Waals surface area (Å²) in [5.74, 6) is 0. The number of aromatic nitrogens is 1. The molecule has 1 heterocycles. The lowest BCUT2D eigenvalue weighted by molar-refractivity contribution is -0.143. The number of halogens is 9. The van der Waals surface area contributed by atoms with Gasteiger partial charge < -0.3 is 0 Å². The summed E-state index contributed by atoms with van der Waals surface area (Å²) in [6.45, 7) is 0. The van der Waals surface area contributed by atoms with E-state index in [-0.39, 0.29) is 22.8 Å². The van der Waals surface area contributed by atoms with E-state index in [0.717, 1.165) is 54.8 Å². The molecule has 282 valence electrons. The molecule has 2 nitrogen and oxygen atoms in total. The van der Waals surface area contributed by atoms with E-state index in [9.17, 15) is 44.8 Å². The van der Waals surface area contributed by atoms with Crippen molar-refractivity contribution >= 4 is 32.3 Å². The van der Waals surface area contributed by atoms with Gasteiger partial charge in [-0.05, 0) is 134 Å². The van der Waals surface area contributed by atoms with Gasteiger partial charge >= 0.3 is 18.5 Å². The fraction of sp³-hybridized carbons (Fsp3) is 0.0667. The molecular formula is C45H23F9N2S. The van der Waals surface area contributed by atoms with Crippen LogP contribution in [0.1, 0.15) is 22.3 Å². The Morgan fingerprint density at radius 3 is 1.46 bits per heavy atom. The molecule has 0 aliphatic carbocycles. The van der Waals surface area contributed by atoms with Gasteiger partial charge in [0.2, 0.25) is 0 Å². The molecule has 0 N–H and O–H groups in total. The molecule has 0 amide bonds. The first-order valence-corrected chi connectivity index (χ1v) is 17.9. The second kappa shape index (κ2) is 13.9. The van der Waals surface area contributed by atoms with Crippen molar-refractivity contribution < 1.29 is 39.5 Å². The molecule has 7 aromatic carbocycles. The van der Waals surface area contributed by atoms with Gasteiger partial charge in [-0.2, -0.15) is 44.8 Å². The average molecular weight is 795 g/mol. The first kappa shape index (κ1) is 37.5. The van der Waals surface area contributed by atoms with E-state index in [1.807, 2.05) is 54.6 Å². The monoisotopic (exact) mass is 794 g/mol. The van der Waals surface area contributed by atoms with Crippen molar-refractivity contribution in [1.82, 2.24) is 4.98 Å². The van der Waals surface area contributed by atoms with E-state index in [4.69, 9.17) is 4.98 Å². The molecule has 0 unspecified atom stereocenters. The van der Waals surface area contributed by atoms with Crippen molar-refractivity contribution in [2.45, 2.75) is 18.5 Å². The number of fused-ring (bicyclic) bond motifs is 2. The van der Waals surface area contributed by atoms with Crippen molar-refractivity contribution in [1.29, 1.82) is 5.26 Å². The highest BCUT2D eigenvalue weighted by Crippen LogP contribution is 2.42. The molecule has 57 heavy (non-hydrogen) atoms. The van der Waals surface area contributed by atoms with Crippen LogP contribution in [0.15, 0.2) is 140 Å². The summed E-state index contributed by atoms with van der Waals surface area (Å²) in [4.78, 5) is 4.69. The maximum Gasteiger partial charge on any atom is 0.416 e. The minimum atomic E-state index is -5.10. The van der Waals surface area contributed by atoms with E-state index in [2.05, 4.69) is 6.07 Å². The number of alkyl halides is 9. The minimum Gasteiger partial charge on any atom is -0.236 e. The Kier molecular flexibility index (Phi) is 9.16. The van der Waals surface area contributed by atoms with Crippen molar-refractivity contribution in [3.8, 4) is 61.1 Å². The Morgan fingerprint density at radius 1 is 0.421 bits per heavy atom. The normalized spacial score (nSPS) is 12.3. The third-order valence-electron chi connectivity index (χ3n) is 9.53. The molecule has 0 saturated carbocycles. The zero-order chi connectivity index (χ0) is 40.3. The van der Waals surface area contributed by atoms with Gasteiger partial charge in [-0.25, -0.2) is 4.98 Å². The van der Waals surface area contributed by atoms with Crippen molar-refractivity contribution in [2.75, 3.05) is 0 Å². The predicted octanol–water partition coefficient (Wildman–Crippen LogP) is 14.7. The number of thiazole rings is 1. The molecule has 0 aliphatic rings. The lowest BCUT2D eigenvalue weighted by atomic mass is 9.90. The smallest absolute Gasteiger partial charge is 0.236 e. The van der Waals surface area contributed by atoms with E-state index in [1.54, 1.807) is 30.3 Å². The number of hydrogen-bond donors (Lipinski definition) is 0. The predicted molar refractivity (Wildman–Crippen MR) is 204 cm³/mol. The van der Waals surface area contributed by atoms with Gasteiger partial charge in [0, 0.05) is 5.56 Å². The van der Waals surface area contributed by atoms with Gasteiger partial charge in [-0.1, -0.05) is 60.7 Å². The van der Waals surface area contributed by atoms with Crippen LogP contribution in [0.4, 0.5) is 39.5 Å². The Bertz CT molecular complexity index is 2850. The lowest BCUT2D eigenvalue weighted by Gasteiger charge is -2.17.